The molecule has 0 heterocycles. The normalized spacial score (nSPS) is 10.0. The number of hydrogen-bond donors (Lipinski definition) is 1. The Morgan fingerprint density at radius 1 is 1.00 bits per heavy atom. The van der Waals surface area contributed by atoms with E-state index in [2.05, 4.69) is 5.32 Å². The minimum atomic E-state index is -0.446. The average molecular weight is 318 g/mol. The SMILES string of the molecule is COc1ccc(CNc2cc([N+](=O)[O-])ccc2OC)c(OC)c1. The van der Waals surface area contributed by atoms with Crippen LogP contribution in [0.3, 0.4) is 0 Å². The first-order valence-electron chi connectivity index (χ1n) is 6.86. The lowest BCUT2D eigenvalue weighted by molar-refractivity contribution is -0.384. The van der Waals surface area contributed by atoms with E-state index in [0.717, 1.165) is 5.56 Å². The molecule has 0 saturated carbocycles. The van der Waals surface area contributed by atoms with E-state index in [-0.39, 0.29) is 5.69 Å². The van der Waals surface area contributed by atoms with E-state index in [1.165, 1.54) is 19.2 Å². The first-order chi connectivity index (χ1) is 11.1. The van der Waals surface area contributed by atoms with E-state index in [9.17, 15) is 10.1 Å². The van der Waals surface area contributed by atoms with Crippen LogP contribution < -0.4 is 19.5 Å². The van der Waals surface area contributed by atoms with Gasteiger partial charge in [0.15, 0.2) is 0 Å². The lowest BCUT2D eigenvalue weighted by Crippen LogP contribution is -2.04. The van der Waals surface area contributed by atoms with Gasteiger partial charge < -0.3 is 19.5 Å². The molecule has 0 aliphatic rings. The van der Waals surface area contributed by atoms with Crippen molar-refractivity contribution in [2.45, 2.75) is 6.54 Å². The maximum atomic E-state index is 10.9. The zero-order valence-corrected chi connectivity index (χ0v) is 13.2. The summed E-state index contributed by atoms with van der Waals surface area (Å²) in [4.78, 5) is 10.5. The highest BCUT2D eigenvalue weighted by Gasteiger charge is 2.12. The topological polar surface area (TPSA) is 82.9 Å². The van der Waals surface area contributed by atoms with E-state index in [1.54, 1.807) is 26.4 Å². The van der Waals surface area contributed by atoms with Crippen LogP contribution in [0.1, 0.15) is 5.56 Å². The molecule has 2 aromatic rings. The number of nitrogens with zero attached hydrogens (tertiary/aromatic N) is 1. The Balaban J connectivity index is 2.23. The predicted molar refractivity (Wildman–Crippen MR) is 86.5 cm³/mol. The van der Waals surface area contributed by atoms with Gasteiger partial charge in [0.25, 0.3) is 5.69 Å². The summed E-state index contributed by atoms with van der Waals surface area (Å²) in [6, 6.07) is 9.87. The largest absolute Gasteiger partial charge is 0.497 e. The minimum absolute atomic E-state index is 0.00463. The molecular formula is C16H18N2O5. The van der Waals surface area contributed by atoms with Gasteiger partial charge in [-0.3, -0.25) is 10.1 Å². The van der Waals surface area contributed by atoms with Gasteiger partial charge in [-0.1, -0.05) is 0 Å². The predicted octanol–water partition coefficient (Wildman–Crippen LogP) is 3.23. The molecule has 0 aliphatic carbocycles. The van der Waals surface area contributed by atoms with Gasteiger partial charge in [-0.15, -0.1) is 0 Å². The molecule has 2 rings (SSSR count). The van der Waals surface area contributed by atoms with Crippen molar-refractivity contribution < 1.29 is 19.1 Å². The van der Waals surface area contributed by atoms with Gasteiger partial charge in [-0.2, -0.15) is 0 Å². The highest BCUT2D eigenvalue weighted by atomic mass is 16.6. The van der Waals surface area contributed by atoms with Gasteiger partial charge in [0.2, 0.25) is 0 Å². The quantitative estimate of drug-likeness (QED) is 0.623. The summed E-state index contributed by atoms with van der Waals surface area (Å²) in [5, 5.41) is 14.0. The Bertz CT molecular complexity index is 703. The van der Waals surface area contributed by atoms with E-state index >= 15 is 0 Å². The van der Waals surface area contributed by atoms with Crippen LogP contribution >= 0.6 is 0 Å². The molecule has 0 aromatic heterocycles. The van der Waals surface area contributed by atoms with Crippen LogP contribution in [0.15, 0.2) is 36.4 Å². The maximum absolute atomic E-state index is 10.9. The first-order valence-corrected chi connectivity index (χ1v) is 6.86. The van der Waals surface area contributed by atoms with E-state index in [0.29, 0.717) is 29.5 Å². The zero-order chi connectivity index (χ0) is 16.8. The average Bonchev–Trinajstić information content (AvgIpc) is 2.59. The lowest BCUT2D eigenvalue weighted by atomic mass is 10.1. The van der Waals surface area contributed by atoms with Crippen LogP contribution in [0.4, 0.5) is 11.4 Å². The molecule has 0 bridgehead atoms. The molecule has 7 nitrogen and oxygen atoms in total. The van der Waals surface area contributed by atoms with Crippen molar-refractivity contribution in [1.82, 2.24) is 0 Å². The molecule has 0 unspecified atom stereocenters. The molecule has 0 aliphatic heterocycles. The number of anilines is 1. The minimum Gasteiger partial charge on any atom is -0.497 e. The second kappa shape index (κ2) is 7.35. The number of benzene rings is 2. The number of hydrogen-bond acceptors (Lipinski definition) is 6. The second-order valence-corrected chi connectivity index (χ2v) is 4.67. The van der Waals surface area contributed by atoms with Crippen molar-refractivity contribution in [2.24, 2.45) is 0 Å². The van der Waals surface area contributed by atoms with Crippen LogP contribution in [0.25, 0.3) is 0 Å². The van der Waals surface area contributed by atoms with Crippen molar-refractivity contribution in [3.8, 4) is 17.2 Å². The van der Waals surface area contributed by atoms with Crippen LogP contribution in [-0.4, -0.2) is 26.3 Å². The Labute approximate surface area is 133 Å². The fraction of sp³-hybridized carbons (Fsp3) is 0.250. The molecule has 7 heteroatoms. The molecule has 0 saturated heterocycles. The van der Waals surface area contributed by atoms with Gasteiger partial charge in [0, 0.05) is 30.3 Å². The lowest BCUT2D eigenvalue weighted by Gasteiger charge is -2.14. The van der Waals surface area contributed by atoms with Crippen molar-refractivity contribution in [3.63, 3.8) is 0 Å². The summed E-state index contributed by atoms with van der Waals surface area (Å²) in [5.41, 5.74) is 1.43. The smallest absolute Gasteiger partial charge is 0.271 e. The Hall–Kier alpha value is -2.96. The van der Waals surface area contributed by atoms with Crippen molar-refractivity contribution >= 4 is 11.4 Å². The number of rotatable bonds is 7. The summed E-state index contributed by atoms with van der Waals surface area (Å²) < 4.78 is 15.7. The molecule has 0 fully saturated rings. The van der Waals surface area contributed by atoms with Crippen LogP contribution in [0, 0.1) is 10.1 Å². The third-order valence-corrected chi connectivity index (χ3v) is 3.36. The third kappa shape index (κ3) is 3.82. The third-order valence-electron chi connectivity index (χ3n) is 3.36. The van der Waals surface area contributed by atoms with E-state index in [1.807, 2.05) is 12.1 Å². The van der Waals surface area contributed by atoms with Gasteiger partial charge in [0.05, 0.1) is 31.9 Å². The van der Waals surface area contributed by atoms with Gasteiger partial charge in [-0.05, 0) is 18.2 Å². The fourth-order valence-corrected chi connectivity index (χ4v) is 2.14. The number of nitrogens with one attached hydrogen (secondary N) is 1. The molecule has 0 amide bonds. The standard InChI is InChI=1S/C16H18N2O5/c1-21-13-6-4-11(16(9-13)23-3)10-17-14-8-12(18(19)20)5-7-15(14)22-2/h4-9,17H,10H2,1-3H3. The summed E-state index contributed by atoms with van der Waals surface area (Å²) in [6.45, 7) is 0.421. The number of nitro groups is 1. The molecule has 0 spiro atoms. The summed E-state index contributed by atoms with van der Waals surface area (Å²) >= 11 is 0. The first kappa shape index (κ1) is 16.4. The molecule has 2 aromatic carbocycles. The number of methoxy groups -OCH3 is 3. The molecule has 1 N–H and O–H groups in total. The molecule has 122 valence electrons. The Kier molecular flexibility index (Phi) is 5.24. The summed E-state index contributed by atoms with van der Waals surface area (Å²) in [6.07, 6.45) is 0. The summed E-state index contributed by atoms with van der Waals surface area (Å²) in [7, 11) is 4.67. The van der Waals surface area contributed by atoms with Gasteiger partial charge in [-0.25, -0.2) is 0 Å². The highest BCUT2D eigenvalue weighted by molar-refractivity contribution is 5.62. The van der Waals surface area contributed by atoms with Crippen LogP contribution in [0.5, 0.6) is 17.2 Å². The monoisotopic (exact) mass is 318 g/mol. The Morgan fingerprint density at radius 2 is 1.74 bits per heavy atom. The number of nitro benzene ring substituents is 1. The molecule has 23 heavy (non-hydrogen) atoms. The van der Waals surface area contributed by atoms with Gasteiger partial charge >= 0.3 is 0 Å². The van der Waals surface area contributed by atoms with Crippen LogP contribution in [0.2, 0.25) is 0 Å². The molecule has 0 radical (unpaired) electrons. The second-order valence-electron chi connectivity index (χ2n) is 4.67. The van der Waals surface area contributed by atoms with Crippen LogP contribution in [-0.2, 0) is 6.54 Å². The number of ether oxygens (including phenoxy) is 3. The van der Waals surface area contributed by atoms with Gasteiger partial charge in [0.1, 0.15) is 17.2 Å². The molecular weight excluding hydrogens is 300 g/mol. The summed E-state index contributed by atoms with van der Waals surface area (Å²) in [5.74, 6) is 1.89. The molecule has 0 atom stereocenters. The number of non-ortho nitro benzene ring substituents is 1. The van der Waals surface area contributed by atoms with Crippen molar-refractivity contribution in [1.29, 1.82) is 0 Å². The van der Waals surface area contributed by atoms with E-state index in [4.69, 9.17) is 14.2 Å². The van der Waals surface area contributed by atoms with E-state index < -0.39 is 4.92 Å². The Morgan fingerprint density at radius 3 is 2.35 bits per heavy atom. The van der Waals surface area contributed by atoms with Crippen molar-refractivity contribution in [3.05, 3.63) is 52.1 Å². The van der Waals surface area contributed by atoms with Crippen molar-refractivity contribution in [2.75, 3.05) is 26.6 Å². The highest BCUT2D eigenvalue weighted by Crippen LogP contribution is 2.31. The zero-order valence-electron chi connectivity index (χ0n) is 13.2. The fourth-order valence-electron chi connectivity index (χ4n) is 2.14. The maximum Gasteiger partial charge on any atom is 0.271 e.